The summed E-state index contributed by atoms with van der Waals surface area (Å²) >= 11 is 0. The third-order valence-electron chi connectivity index (χ3n) is 3.28. The van der Waals surface area contributed by atoms with Crippen molar-refractivity contribution in [3.8, 4) is 0 Å². The zero-order valence-electron chi connectivity index (χ0n) is 8.82. The Morgan fingerprint density at radius 1 is 1.57 bits per heavy atom. The molecule has 0 saturated heterocycles. The fourth-order valence-corrected chi connectivity index (χ4v) is 2.30. The minimum atomic E-state index is 0.675. The van der Waals surface area contributed by atoms with Crippen molar-refractivity contribution < 1.29 is 0 Å². The molecule has 2 N–H and O–H groups in total. The van der Waals surface area contributed by atoms with Crippen LogP contribution >= 0.6 is 0 Å². The number of aryl methyl sites for hydroxylation is 1. The smallest absolute Gasteiger partial charge is 0.0492 e. The Hall–Kier alpha value is -0.830. The summed E-state index contributed by atoms with van der Waals surface area (Å²) in [5, 5.41) is 4.35. The van der Waals surface area contributed by atoms with Crippen molar-refractivity contribution in [2.24, 2.45) is 11.7 Å². The van der Waals surface area contributed by atoms with E-state index in [9.17, 15) is 0 Å². The minimum Gasteiger partial charge on any atom is -0.330 e. The number of rotatable bonds is 4. The summed E-state index contributed by atoms with van der Waals surface area (Å²) in [6, 6.07) is 2.15. The Morgan fingerprint density at radius 3 is 3.00 bits per heavy atom. The fraction of sp³-hybridized carbons (Fsp3) is 0.727. The van der Waals surface area contributed by atoms with Crippen LogP contribution in [0.5, 0.6) is 0 Å². The molecule has 1 aliphatic rings. The topological polar surface area (TPSA) is 43.8 Å². The molecule has 1 aliphatic carbocycles. The molecule has 2 rings (SSSR count). The monoisotopic (exact) mass is 193 g/mol. The maximum atomic E-state index is 5.72. The molecule has 0 bridgehead atoms. The van der Waals surface area contributed by atoms with Crippen molar-refractivity contribution >= 4 is 0 Å². The van der Waals surface area contributed by atoms with Crippen molar-refractivity contribution in [3.63, 3.8) is 0 Å². The summed E-state index contributed by atoms with van der Waals surface area (Å²) in [6.07, 6.45) is 5.64. The first-order chi connectivity index (χ1) is 6.86. The lowest BCUT2D eigenvalue weighted by Crippen LogP contribution is -2.32. The van der Waals surface area contributed by atoms with Crippen LogP contribution in [-0.4, -0.2) is 16.3 Å². The Balaban J connectivity index is 2.11. The zero-order chi connectivity index (χ0) is 9.97. The SMILES string of the molecule is CCCn1nccc1C1CCC1CN. The van der Waals surface area contributed by atoms with E-state index in [4.69, 9.17) is 5.73 Å². The highest BCUT2D eigenvalue weighted by atomic mass is 15.3. The number of nitrogens with two attached hydrogens (primary N) is 1. The third kappa shape index (κ3) is 1.57. The second-order valence-corrected chi connectivity index (χ2v) is 4.16. The molecule has 2 unspecified atom stereocenters. The van der Waals surface area contributed by atoms with Gasteiger partial charge in [-0.15, -0.1) is 0 Å². The summed E-state index contributed by atoms with van der Waals surface area (Å²) in [7, 11) is 0. The van der Waals surface area contributed by atoms with Crippen molar-refractivity contribution in [1.29, 1.82) is 0 Å². The molecule has 1 fully saturated rings. The largest absolute Gasteiger partial charge is 0.330 e. The molecule has 0 radical (unpaired) electrons. The third-order valence-corrected chi connectivity index (χ3v) is 3.28. The van der Waals surface area contributed by atoms with Gasteiger partial charge in [-0.25, -0.2) is 0 Å². The van der Waals surface area contributed by atoms with Crippen LogP contribution < -0.4 is 5.73 Å². The summed E-state index contributed by atoms with van der Waals surface area (Å²) in [4.78, 5) is 0. The Morgan fingerprint density at radius 2 is 2.43 bits per heavy atom. The number of nitrogens with zero attached hydrogens (tertiary/aromatic N) is 2. The standard InChI is InChI=1S/C11H19N3/c1-2-7-14-11(5-6-13-14)10-4-3-9(10)8-12/h5-6,9-10H,2-4,7-8,12H2,1H3. The van der Waals surface area contributed by atoms with Crippen LogP contribution in [0.4, 0.5) is 0 Å². The molecule has 1 aromatic rings. The molecule has 78 valence electrons. The van der Waals surface area contributed by atoms with E-state index >= 15 is 0 Å². The van der Waals surface area contributed by atoms with E-state index in [1.165, 1.54) is 18.5 Å². The minimum absolute atomic E-state index is 0.675. The summed E-state index contributed by atoms with van der Waals surface area (Å²) in [5.41, 5.74) is 7.12. The average molecular weight is 193 g/mol. The van der Waals surface area contributed by atoms with Gasteiger partial charge in [0.15, 0.2) is 0 Å². The van der Waals surface area contributed by atoms with Gasteiger partial charge >= 0.3 is 0 Å². The molecule has 0 amide bonds. The van der Waals surface area contributed by atoms with Gasteiger partial charge in [0.2, 0.25) is 0 Å². The summed E-state index contributed by atoms with van der Waals surface area (Å²) < 4.78 is 2.15. The molecule has 2 atom stereocenters. The number of hydrogen-bond acceptors (Lipinski definition) is 2. The molecule has 1 aromatic heterocycles. The van der Waals surface area contributed by atoms with Gasteiger partial charge < -0.3 is 5.73 Å². The van der Waals surface area contributed by atoms with Gasteiger partial charge in [0.25, 0.3) is 0 Å². The normalized spacial score (nSPS) is 26.1. The maximum Gasteiger partial charge on any atom is 0.0492 e. The molecular weight excluding hydrogens is 174 g/mol. The van der Waals surface area contributed by atoms with Gasteiger partial charge in [0, 0.05) is 24.4 Å². The summed E-state index contributed by atoms with van der Waals surface area (Å²) in [5.74, 6) is 1.37. The van der Waals surface area contributed by atoms with Crippen LogP contribution in [-0.2, 0) is 6.54 Å². The maximum absolute atomic E-state index is 5.72. The van der Waals surface area contributed by atoms with E-state index in [1.807, 2.05) is 6.20 Å². The molecule has 3 heteroatoms. The van der Waals surface area contributed by atoms with Crippen molar-refractivity contribution in [2.75, 3.05) is 6.54 Å². The molecule has 1 heterocycles. The highest BCUT2D eigenvalue weighted by Gasteiger charge is 2.32. The molecule has 0 spiro atoms. The van der Waals surface area contributed by atoms with Gasteiger partial charge in [-0.3, -0.25) is 4.68 Å². The Kier molecular flexibility index (Phi) is 2.87. The zero-order valence-corrected chi connectivity index (χ0v) is 8.82. The molecule has 3 nitrogen and oxygen atoms in total. The van der Waals surface area contributed by atoms with Gasteiger partial charge in [-0.2, -0.15) is 5.10 Å². The highest BCUT2D eigenvalue weighted by Crippen LogP contribution is 2.41. The lowest BCUT2D eigenvalue weighted by Gasteiger charge is -2.36. The van der Waals surface area contributed by atoms with Crippen LogP contribution in [0.1, 0.15) is 37.8 Å². The predicted molar refractivity (Wildman–Crippen MR) is 57.0 cm³/mol. The lowest BCUT2D eigenvalue weighted by molar-refractivity contribution is 0.249. The molecule has 0 aromatic carbocycles. The van der Waals surface area contributed by atoms with Gasteiger partial charge in [0.05, 0.1) is 0 Å². The van der Waals surface area contributed by atoms with E-state index in [0.717, 1.165) is 19.5 Å². The van der Waals surface area contributed by atoms with Crippen molar-refractivity contribution in [3.05, 3.63) is 18.0 Å². The Labute approximate surface area is 85.3 Å². The average Bonchev–Trinajstić information content (AvgIpc) is 2.53. The first kappa shape index (κ1) is 9.71. The second-order valence-electron chi connectivity index (χ2n) is 4.16. The van der Waals surface area contributed by atoms with Crippen LogP contribution in [0.15, 0.2) is 12.3 Å². The van der Waals surface area contributed by atoms with Crippen LogP contribution in [0.3, 0.4) is 0 Å². The highest BCUT2D eigenvalue weighted by molar-refractivity contribution is 5.13. The van der Waals surface area contributed by atoms with Crippen LogP contribution in [0, 0.1) is 5.92 Å². The Bertz CT molecular complexity index is 290. The quantitative estimate of drug-likeness (QED) is 0.791. The molecule has 0 aliphatic heterocycles. The first-order valence-corrected chi connectivity index (χ1v) is 5.58. The predicted octanol–water partition coefficient (Wildman–Crippen LogP) is 1.75. The number of hydrogen-bond donors (Lipinski definition) is 1. The van der Waals surface area contributed by atoms with Crippen LogP contribution in [0.25, 0.3) is 0 Å². The van der Waals surface area contributed by atoms with Gasteiger partial charge in [-0.1, -0.05) is 6.92 Å². The van der Waals surface area contributed by atoms with E-state index in [0.29, 0.717) is 11.8 Å². The molecule has 1 saturated carbocycles. The van der Waals surface area contributed by atoms with Crippen molar-refractivity contribution in [1.82, 2.24) is 9.78 Å². The molecular formula is C11H19N3. The molecule has 14 heavy (non-hydrogen) atoms. The van der Waals surface area contributed by atoms with E-state index in [1.54, 1.807) is 0 Å². The fourth-order valence-electron chi connectivity index (χ4n) is 2.30. The number of aromatic nitrogens is 2. The first-order valence-electron chi connectivity index (χ1n) is 5.58. The second kappa shape index (κ2) is 4.13. The van der Waals surface area contributed by atoms with Gasteiger partial charge in [-0.05, 0) is 37.8 Å². The van der Waals surface area contributed by atoms with E-state index < -0.39 is 0 Å². The van der Waals surface area contributed by atoms with Gasteiger partial charge in [0.1, 0.15) is 0 Å². The summed E-state index contributed by atoms with van der Waals surface area (Å²) in [6.45, 7) is 4.05. The van der Waals surface area contributed by atoms with E-state index in [2.05, 4.69) is 22.8 Å². The lowest BCUT2D eigenvalue weighted by atomic mass is 9.72. The van der Waals surface area contributed by atoms with E-state index in [-0.39, 0.29) is 0 Å². The van der Waals surface area contributed by atoms with Crippen molar-refractivity contribution in [2.45, 2.75) is 38.6 Å². The van der Waals surface area contributed by atoms with Crippen LogP contribution in [0.2, 0.25) is 0 Å².